The normalized spacial score (nSPS) is 10.4. The van der Waals surface area contributed by atoms with Crippen molar-refractivity contribution < 1.29 is 15.0 Å². The number of anilines is 1. The maximum Gasteiger partial charge on any atom is 0.412 e. The molecule has 0 aliphatic heterocycles. The van der Waals surface area contributed by atoms with Crippen LogP contribution in [0, 0.1) is 0 Å². The Bertz CT molecular complexity index is 573. The first kappa shape index (κ1) is 13.3. The van der Waals surface area contributed by atoms with E-state index < -0.39 is 6.09 Å². The Morgan fingerprint density at radius 2 is 2.32 bits per heavy atom. The molecular formula is C11H11ClN4O3. The smallest absolute Gasteiger partial charge is 0.412 e. The van der Waals surface area contributed by atoms with E-state index in [4.69, 9.17) is 21.8 Å². The average Bonchev–Trinajstić information content (AvgIpc) is 2.78. The van der Waals surface area contributed by atoms with Gasteiger partial charge in [-0.25, -0.2) is 9.48 Å². The first-order chi connectivity index (χ1) is 9.13. The van der Waals surface area contributed by atoms with Crippen LogP contribution in [-0.2, 0) is 0 Å². The van der Waals surface area contributed by atoms with E-state index in [1.54, 1.807) is 24.5 Å². The minimum Gasteiger partial charge on any atom is -0.465 e. The van der Waals surface area contributed by atoms with Crippen LogP contribution in [-0.4, -0.2) is 44.2 Å². The number of carboxylic acid groups (broad SMARTS) is 1. The first-order valence-corrected chi connectivity index (χ1v) is 5.78. The summed E-state index contributed by atoms with van der Waals surface area (Å²) in [5, 5.41) is 22.0. The third kappa shape index (κ3) is 2.83. The van der Waals surface area contributed by atoms with Gasteiger partial charge < -0.3 is 10.2 Å². The van der Waals surface area contributed by atoms with Crippen molar-refractivity contribution in [3.05, 3.63) is 35.9 Å². The summed E-state index contributed by atoms with van der Waals surface area (Å²) in [6.45, 7) is -0.380. The number of hydrogen-bond acceptors (Lipinski definition) is 4. The highest BCUT2D eigenvalue weighted by Crippen LogP contribution is 2.25. The summed E-state index contributed by atoms with van der Waals surface area (Å²) in [5.74, 6) is 0. The lowest BCUT2D eigenvalue weighted by Gasteiger charge is -2.15. The molecule has 2 rings (SSSR count). The Kier molecular flexibility index (Phi) is 3.98. The minimum atomic E-state index is -1.21. The lowest BCUT2D eigenvalue weighted by molar-refractivity contribution is 0.198. The van der Waals surface area contributed by atoms with Crippen molar-refractivity contribution in [2.24, 2.45) is 0 Å². The molecule has 2 aromatic heterocycles. The van der Waals surface area contributed by atoms with Gasteiger partial charge in [-0.1, -0.05) is 11.6 Å². The van der Waals surface area contributed by atoms with E-state index in [1.807, 2.05) is 0 Å². The molecule has 0 saturated heterocycles. The fraction of sp³-hybridized carbons (Fsp3) is 0.182. The molecule has 0 aliphatic rings. The van der Waals surface area contributed by atoms with Crippen molar-refractivity contribution in [1.82, 2.24) is 14.8 Å². The van der Waals surface area contributed by atoms with Gasteiger partial charge in [-0.15, -0.1) is 0 Å². The third-order valence-electron chi connectivity index (χ3n) is 2.41. The van der Waals surface area contributed by atoms with E-state index in [-0.39, 0.29) is 24.0 Å². The molecule has 2 aromatic rings. The lowest BCUT2D eigenvalue weighted by atomic mass is 10.4. The summed E-state index contributed by atoms with van der Waals surface area (Å²) in [6.07, 6.45) is 3.46. The van der Waals surface area contributed by atoms with Gasteiger partial charge in [0.25, 0.3) is 0 Å². The fourth-order valence-electron chi connectivity index (χ4n) is 1.57. The summed E-state index contributed by atoms with van der Waals surface area (Å²) < 4.78 is 1.43. The number of hydrogen-bond donors (Lipinski definition) is 2. The highest BCUT2D eigenvalue weighted by Gasteiger charge is 2.20. The number of pyridine rings is 1. The second-order valence-corrected chi connectivity index (χ2v) is 3.98. The number of aromatic nitrogens is 3. The lowest BCUT2D eigenvalue weighted by Crippen LogP contribution is -2.31. The molecule has 2 N–H and O–H groups in total. The monoisotopic (exact) mass is 282 g/mol. The van der Waals surface area contributed by atoms with Crippen LogP contribution in [0.3, 0.4) is 0 Å². The predicted molar refractivity (Wildman–Crippen MR) is 68.8 cm³/mol. The molecule has 100 valence electrons. The van der Waals surface area contributed by atoms with Crippen LogP contribution in [0.5, 0.6) is 0 Å². The van der Waals surface area contributed by atoms with E-state index in [1.165, 1.54) is 10.9 Å². The maximum absolute atomic E-state index is 11.1. The maximum atomic E-state index is 11.1. The van der Waals surface area contributed by atoms with E-state index in [9.17, 15) is 4.79 Å². The van der Waals surface area contributed by atoms with Crippen LogP contribution in [0.15, 0.2) is 30.7 Å². The van der Waals surface area contributed by atoms with Crippen LogP contribution in [0.2, 0.25) is 5.15 Å². The molecule has 1 amide bonds. The number of rotatable bonds is 4. The van der Waals surface area contributed by atoms with Gasteiger partial charge in [0.2, 0.25) is 0 Å². The summed E-state index contributed by atoms with van der Waals surface area (Å²) in [6, 6.07) is 3.49. The molecule has 0 aromatic carbocycles. The van der Waals surface area contributed by atoms with Gasteiger partial charge in [-0.3, -0.25) is 9.88 Å². The molecule has 19 heavy (non-hydrogen) atoms. The van der Waals surface area contributed by atoms with Crippen LogP contribution in [0.1, 0.15) is 0 Å². The molecule has 2 heterocycles. The number of carbonyl (C=O) groups is 1. The van der Waals surface area contributed by atoms with Crippen molar-refractivity contribution in [3.8, 4) is 5.69 Å². The van der Waals surface area contributed by atoms with Gasteiger partial charge in [-0.05, 0) is 12.1 Å². The number of halogens is 1. The van der Waals surface area contributed by atoms with Crippen molar-refractivity contribution in [2.75, 3.05) is 18.1 Å². The zero-order valence-corrected chi connectivity index (χ0v) is 10.5. The first-order valence-electron chi connectivity index (χ1n) is 5.40. The standard InChI is InChI=1S/C11H11ClN4O3/c12-10-9(15(4-5-17)11(18)19)7-16(14-10)8-2-1-3-13-6-8/h1-3,6-7,17H,4-5H2,(H,18,19). The molecule has 0 atom stereocenters. The van der Waals surface area contributed by atoms with Gasteiger partial charge in [0.05, 0.1) is 31.2 Å². The van der Waals surface area contributed by atoms with Crippen LogP contribution >= 0.6 is 11.6 Å². The quantitative estimate of drug-likeness (QED) is 0.884. The summed E-state index contributed by atoms with van der Waals surface area (Å²) in [7, 11) is 0. The average molecular weight is 283 g/mol. The van der Waals surface area contributed by atoms with E-state index in [2.05, 4.69) is 10.1 Å². The van der Waals surface area contributed by atoms with Crippen LogP contribution < -0.4 is 4.90 Å². The minimum absolute atomic E-state index is 0.0414. The highest BCUT2D eigenvalue weighted by molar-refractivity contribution is 6.32. The van der Waals surface area contributed by atoms with E-state index in [0.717, 1.165) is 4.90 Å². The van der Waals surface area contributed by atoms with E-state index in [0.29, 0.717) is 5.69 Å². The Balaban J connectivity index is 2.38. The summed E-state index contributed by atoms with van der Waals surface area (Å²) in [4.78, 5) is 16.0. The van der Waals surface area contributed by atoms with Crippen LogP contribution in [0.25, 0.3) is 5.69 Å². The van der Waals surface area contributed by atoms with Gasteiger partial charge >= 0.3 is 6.09 Å². The summed E-state index contributed by atoms with van der Waals surface area (Å²) >= 11 is 5.93. The molecule has 0 radical (unpaired) electrons. The Hall–Kier alpha value is -2.12. The fourth-order valence-corrected chi connectivity index (χ4v) is 1.80. The molecule has 0 bridgehead atoms. The second kappa shape index (κ2) is 5.68. The number of aliphatic hydroxyl groups excluding tert-OH is 1. The molecule has 7 nitrogen and oxygen atoms in total. The van der Waals surface area contributed by atoms with Gasteiger partial charge in [0.15, 0.2) is 5.15 Å². The number of nitrogens with zero attached hydrogens (tertiary/aromatic N) is 4. The molecule has 0 fully saturated rings. The molecule has 8 heteroatoms. The number of amides is 1. The van der Waals surface area contributed by atoms with Crippen molar-refractivity contribution in [2.45, 2.75) is 0 Å². The molecular weight excluding hydrogens is 272 g/mol. The highest BCUT2D eigenvalue weighted by atomic mass is 35.5. The third-order valence-corrected chi connectivity index (χ3v) is 2.68. The number of aliphatic hydroxyl groups is 1. The largest absolute Gasteiger partial charge is 0.465 e. The molecule has 0 unspecified atom stereocenters. The predicted octanol–water partition coefficient (Wildman–Crippen LogP) is 1.40. The zero-order chi connectivity index (χ0) is 13.8. The Labute approximate surface area is 113 Å². The van der Waals surface area contributed by atoms with Crippen molar-refractivity contribution in [3.63, 3.8) is 0 Å². The second-order valence-electron chi connectivity index (χ2n) is 3.62. The molecule has 0 aliphatic carbocycles. The molecule has 0 saturated carbocycles. The van der Waals surface area contributed by atoms with Crippen molar-refractivity contribution >= 4 is 23.4 Å². The Morgan fingerprint density at radius 3 is 2.89 bits per heavy atom. The van der Waals surface area contributed by atoms with Crippen LogP contribution in [0.4, 0.5) is 10.5 Å². The SMILES string of the molecule is O=C(O)N(CCO)c1cn(-c2cccnc2)nc1Cl. The topological polar surface area (TPSA) is 91.5 Å². The molecule has 0 spiro atoms. The Morgan fingerprint density at radius 1 is 1.53 bits per heavy atom. The zero-order valence-electron chi connectivity index (χ0n) is 9.77. The van der Waals surface area contributed by atoms with Gasteiger partial charge in [0, 0.05) is 6.20 Å². The van der Waals surface area contributed by atoms with E-state index >= 15 is 0 Å². The van der Waals surface area contributed by atoms with Gasteiger partial charge in [0.1, 0.15) is 5.69 Å². The van der Waals surface area contributed by atoms with Gasteiger partial charge in [-0.2, -0.15) is 5.10 Å². The summed E-state index contributed by atoms with van der Waals surface area (Å²) in [5.41, 5.74) is 0.872. The van der Waals surface area contributed by atoms with Crippen molar-refractivity contribution in [1.29, 1.82) is 0 Å².